The van der Waals surface area contributed by atoms with Gasteiger partial charge in [-0.3, -0.25) is 14.7 Å². The zero-order chi connectivity index (χ0) is 22.5. The Balaban J connectivity index is 1.68. The highest BCUT2D eigenvalue weighted by atomic mass is 35.5. The number of hydrogen-bond donors (Lipinski definition) is 3. The van der Waals surface area contributed by atoms with E-state index < -0.39 is 23.4 Å². The smallest absolute Gasteiger partial charge is 0.269 e. The van der Waals surface area contributed by atoms with E-state index in [0.29, 0.717) is 29.2 Å². The van der Waals surface area contributed by atoms with E-state index in [1.54, 1.807) is 18.2 Å². The molecule has 3 aromatic rings. The fraction of sp³-hybridized carbons (Fsp3) is 0.150. The largest absolute Gasteiger partial charge is 0.496 e. The zero-order valence-electron chi connectivity index (χ0n) is 16.4. The van der Waals surface area contributed by atoms with Gasteiger partial charge in [-0.05, 0) is 24.3 Å². The van der Waals surface area contributed by atoms with Crippen molar-refractivity contribution in [3.63, 3.8) is 0 Å². The van der Waals surface area contributed by atoms with Gasteiger partial charge in [0, 0.05) is 6.07 Å². The van der Waals surface area contributed by atoms with Gasteiger partial charge in [0.15, 0.2) is 17.5 Å². The summed E-state index contributed by atoms with van der Waals surface area (Å²) in [4.78, 5) is 24.7. The van der Waals surface area contributed by atoms with Gasteiger partial charge in [-0.2, -0.15) is 5.10 Å². The van der Waals surface area contributed by atoms with Crippen LogP contribution in [0.1, 0.15) is 26.4 Å². The molecule has 0 radical (unpaired) electrons. The number of benzene rings is 2. The number of halogens is 3. The predicted octanol–water partition coefficient (Wildman–Crippen LogP) is 3.54. The Labute approximate surface area is 180 Å². The molecule has 0 bridgehead atoms. The van der Waals surface area contributed by atoms with Crippen LogP contribution in [-0.4, -0.2) is 36.2 Å². The minimum atomic E-state index is -1.22. The van der Waals surface area contributed by atoms with Crippen molar-refractivity contribution in [2.75, 3.05) is 19.5 Å². The lowest BCUT2D eigenvalue weighted by Gasteiger charge is -2.13. The van der Waals surface area contributed by atoms with Gasteiger partial charge < -0.3 is 20.1 Å². The third kappa shape index (κ3) is 4.92. The van der Waals surface area contributed by atoms with Crippen molar-refractivity contribution in [3.05, 3.63) is 69.9 Å². The van der Waals surface area contributed by atoms with Crippen molar-refractivity contribution < 1.29 is 27.8 Å². The molecule has 162 valence electrons. The molecular weight excluding hydrogens is 434 g/mol. The second kappa shape index (κ2) is 9.43. The Morgan fingerprint density at radius 2 is 1.71 bits per heavy atom. The van der Waals surface area contributed by atoms with E-state index in [1.807, 2.05) is 0 Å². The number of rotatable bonds is 7. The molecule has 0 spiro atoms. The second-order valence-electron chi connectivity index (χ2n) is 6.19. The van der Waals surface area contributed by atoms with Gasteiger partial charge in [-0.15, -0.1) is 0 Å². The maximum absolute atomic E-state index is 13.4. The normalized spacial score (nSPS) is 10.5. The average molecular weight is 451 g/mol. The van der Waals surface area contributed by atoms with E-state index >= 15 is 0 Å². The van der Waals surface area contributed by atoms with Crippen LogP contribution in [0.15, 0.2) is 36.4 Å². The number of aromatic nitrogens is 2. The van der Waals surface area contributed by atoms with E-state index in [-0.39, 0.29) is 28.6 Å². The highest BCUT2D eigenvalue weighted by molar-refractivity contribution is 6.34. The van der Waals surface area contributed by atoms with E-state index in [4.69, 9.17) is 21.1 Å². The van der Waals surface area contributed by atoms with Gasteiger partial charge in [-0.25, -0.2) is 8.78 Å². The Bertz CT molecular complexity index is 1110. The monoisotopic (exact) mass is 450 g/mol. The predicted molar refractivity (Wildman–Crippen MR) is 109 cm³/mol. The van der Waals surface area contributed by atoms with Crippen molar-refractivity contribution in [2.24, 2.45) is 0 Å². The molecule has 31 heavy (non-hydrogen) atoms. The summed E-state index contributed by atoms with van der Waals surface area (Å²) in [7, 11) is 3.01. The van der Waals surface area contributed by atoms with E-state index in [9.17, 15) is 18.4 Å². The number of H-pyrrole nitrogens is 1. The zero-order valence-corrected chi connectivity index (χ0v) is 17.1. The molecule has 8 nitrogen and oxygen atoms in total. The molecule has 0 saturated carbocycles. The summed E-state index contributed by atoms with van der Waals surface area (Å²) in [5.74, 6) is -2.64. The maximum atomic E-state index is 13.4. The van der Waals surface area contributed by atoms with E-state index in [1.165, 1.54) is 20.3 Å². The fourth-order valence-corrected chi connectivity index (χ4v) is 2.98. The number of hydrogen-bond acceptors (Lipinski definition) is 5. The Hall–Kier alpha value is -3.66. The molecule has 0 saturated heterocycles. The number of aromatic amines is 1. The molecule has 0 fully saturated rings. The molecule has 1 heterocycles. The number of methoxy groups -OCH3 is 2. The number of nitrogens with zero attached hydrogens (tertiary/aromatic N) is 1. The third-order valence-electron chi connectivity index (χ3n) is 4.27. The molecule has 0 aliphatic heterocycles. The van der Waals surface area contributed by atoms with Crippen LogP contribution >= 0.6 is 11.6 Å². The van der Waals surface area contributed by atoms with Gasteiger partial charge in [0.2, 0.25) is 0 Å². The molecule has 11 heteroatoms. The van der Waals surface area contributed by atoms with Crippen molar-refractivity contribution >= 4 is 29.2 Å². The first-order chi connectivity index (χ1) is 14.8. The highest BCUT2D eigenvalue weighted by Crippen LogP contribution is 2.28. The SMILES string of the molecule is COc1cccc(OC)c1CNC(=O)c1cc(NC(=O)c2cc(F)c(F)cc2Cl)n[nH]1. The summed E-state index contributed by atoms with van der Waals surface area (Å²) in [6, 6.07) is 7.87. The molecule has 3 rings (SSSR count). The summed E-state index contributed by atoms with van der Waals surface area (Å²) in [5.41, 5.74) is 0.417. The number of ether oxygens (including phenoxy) is 2. The van der Waals surface area contributed by atoms with Crippen LogP contribution in [0.25, 0.3) is 0 Å². The first kappa shape index (κ1) is 22.0. The first-order valence-corrected chi connectivity index (χ1v) is 9.21. The Morgan fingerprint density at radius 3 is 2.35 bits per heavy atom. The molecule has 3 N–H and O–H groups in total. The molecule has 0 atom stereocenters. The van der Waals surface area contributed by atoms with Crippen LogP contribution in [0.3, 0.4) is 0 Å². The molecule has 1 aromatic heterocycles. The van der Waals surface area contributed by atoms with Crippen LogP contribution in [0.5, 0.6) is 11.5 Å². The van der Waals surface area contributed by atoms with Crippen molar-refractivity contribution in [2.45, 2.75) is 6.54 Å². The quantitative estimate of drug-likeness (QED) is 0.477. The van der Waals surface area contributed by atoms with Gasteiger partial charge in [0.1, 0.15) is 17.2 Å². The number of nitrogens with one attached hydrogen (secondary N) is 3. The lowest BCUT2D eigenvalue weighted by atomic mass is 10.1. The minimum absolute atomic E-state index is 0.00850. The molecular formula is C20H17ClF2N4O4. The number of carbonyl (C=O) groups excluding carboxylic acids is 2. The lowest BCUT2D eigenvalue weighted by molar-refractivity contribution is 0.0944. The maximum Gasteiger partial charge on any atom is 0.269 e. The highest BCUT2D eigenvalue weighted by Gasteiger charge is 2.18. The van der Waals surface area contributed by atoms with Gasteiger partial charge >= 0.3 is 0 Å². The van der Waals surface area contributed by atoms with Crippen molar-refractivity contribution in [1.82, 2.24) is 15.5 Å². The van der Waals surface area contributed by atoms with E-state index in [2.05, 4.69) is 20.8 Å². The molecule has 2 amide bonds. The average Bonchev–Trinajstić information content (AvgIpc) is 3.22. The molecule has 0 unspecified atom stereocenters. The van der Waals surface area contributed by atoms with E-state index in [0.717, 1.165) is 0 Å². The summed E-state index contributed by atoms with van der Waals surface area (Å²) in [6.07, 6.45) is 0. The fourth-order valence-electron chi connectivity index (χ4n) is 2.75. The summed E-state index contributed by atoms with van der Waals surface area (Å²) in [5, 5.41) is 11.1. The number of amides is 2. The standard InChI is InChI=1S/C20H17ClF2N4O4/c1-30-16-4-3-5-17(31-2)11(16)9-24-20(29)15-8-18(27-26-15)25-19(28)10-6-13(22)14(23)7-12(10)21/h3-8H,9H2,1-2H3,(H,24,29)(H2,25,26,27,28). The summed E-state index contributed by atoms with van der Waals surface area (Å²) in [6.45, 7) is 0.108. The number of carbonyl (C=O) groups is 2. The van der Waals surface area contributed by atoms with Crippen LogP contribution in [0.4, 0.5) is 14.6 Å². The molecule has 0 aliphatic carbocycles. The Morgan fingerprint density at radius 1 is 1.06 bits per heavy atom. The topological polar surface area (TPSA) is 105 Å². The summed E-state index contributed by atoms with van der Waals surface area (Å²) < 4.78 is 37.1. The van der Waals surface area contributed by atoms with Gasteiger partial charge in [-0.1, -0.05) is 17.7 Å². The van der Waals surface area contributed by atoms with Gasteiger partial charge in [0.05, 0.1) is 36.9 Å². The molecule has 0 aliphatic rings. The van der Waals surface area contributed by atoms with Crippen LogP contribution in [0.2, 0.25) is 5.02 Å². The third-order valence-corrected chi connectivity index (χ3v) is 4.59. The number of anilines is 1. The Kier molecular flexibility index (Phi) is 6.71. The van der Waals surface area contributed by atoms with Gasteiger partial charge in [0.25, 0.3) is 11.8 Å². The summed E-state index contributed by atoms with van der Waals surface area (Å²) >= 11 is 5.79. The minimum Gasteiger partial charge on any atom is -0.496 e. The van der Waals surface area contributed by atoms with Crippen LogP contribution in [0, 0.1) is 11.6 Å². The van der Waals surface area contributed by atoms with Crippen LogP contribution < -0.4 is 20.1 Å². The van der Waals surface area contributed by atoms with Crippen molar-refractivity contribution in [3.8, 4) is 11.5 Å². The molecule has 2 aromatic carbocycles. The first-order valence-electron chi connectivity index (χ1n) is 8.83. The van der Waals surface area contributed by atoms with Crippen molar-refractivity contribution in [1.29, 1.82) is 0 Å². The van der Waals surface area contributed by atoms with Crippen LogP contribution in [-0.2, 0) is 6.54 Å². The second-order valence-corrected chi connectivity index (χ2v) is 6.60. The lowest BCUT2D eigenvalue weighted by Crippen LogP contribution is -2.23.